The van der Waals surface area contributed by atoms with Crippen LogP contribution in [-0.4, -0.2) is 60.8 Å². The van der Waals surface area contributed by atoms with E-state index in [1.807, 2.05) is 0 Å². The molecule has 0 aliphatic carbocycles. The highest BCUT2D eigenvalue weighted by atomic mass is 16.6. The summed E-state index contributed by atoms with van der Waals surface area (Å²) in [6.07, 6.45) is -3.02. The number of Topliss-reactive ketones (excluding diaryl/α,β-unsaturated/α-hetero) is 1. The molecule has 1 aliphatic rings. The van der Waals surface area contributed by atoms with Gasteiger partial charge in [0.1, 0.15) is 24.6 Å². The third-order valence-electron chi connectivity index (χ3n) is 2.60. The van der Waals surface area contributed by atoms with Crippen molar-refractivity contribution in [1.82, 2.24) is 14.8 Å². The summed E-state index contributed by atoms with van der Waals surface area (Å²) in [6, 6.07) is 0. The van der Waals surface area contributed by atoms with E-state index in [9.17, 15) is 15.0 Å². The zero-order chi connectivity index (χ0) is 12.6. The summed E-state index contributed by atoms with van der Waals surface area (Å²) in [5.41, 5.74) is 0. The van der Waals surface area contributed by atoms with Crippen molar-refractivity contribution in [2.75, 3.05) is 6.61 Å². The third kappa shape index (κ3) is 2.07. The van der Waals surface area contributed by atoms with Gasteiger partial charge in [0.15, 0.2) is 12.0 Å². The second kappa shape index (κ2) is 4.49. The molecule has 1 aromatic heterocycles. The molecule has 1 saturated heterocycles. The molecular formula is C9H13N3O5. The van der Waals surface area contributed by atoms with Crippen molar-refractivity contribution in [2.45, 2.75) is 31.5 Å². The lowest BCUT2D eigenvalue weighted by atomic mass is 10.1. The summed E-state index contributed by atoms with van der Waals surface area (Å²) < 4.78 is 6.37. The van der Waals surface area contributed by atoms with Crippen LogP contribution in [0.2, 0.25) is 0 Å². The fraction of sp³-hybridized carbons (Fsp3) is 0.667. The summed E-state index contributed by atoms with van der Waals surface area (Å²) in [5.74, 6) is -0.307. The van der Waals surface area contributed by atoms with Crippen LogP contribution in [0.15, 0.2) is 6.33 Å². The molecule has 94 valence electrons. The minimum Gasteiger partial charge on any atom is -0.394 e. The number of ketones is 1. The first-order valence-electron chi connectivity index (χ1n) is 5.09. The molecule has 0 amide bonds. The van der Waals surface area contributed by atoms with Crippen LogP contribution >= 0.6 is 0 Å². The van der Waals surface area contributed by atoms with Crippen LogP contribution in [0.4, 0.5) is 0 Å². The Morgan fingerprint density at radius 3 is 2.71 bits per heavy atom. The Balaban J connectivity index is 2.19. The van der Waals surface area contributed by atoms with Crippen molar-refractivity contribution in [3.05, 3.63) is 12.2 Å². The number of aromatic nitrogens is 3. The average molecular weight is 243 g/mol. The normalized spacial score (nSPS) is 32.9. The molecule has 3 N–H and O–H groups in total. The zero-order valence-corrected chi connectivity index (χ0v) is 9.09. The van der Waals surface area contributed by atoms with E-state index in [4.69, 9.17) is 9.84 Å². The Kier molecular flexibility index (Phi) is 3.20. The Bertz CT molecular complexity index is 421. The molecule has 1 aliphatic heterocycles. The van der Waals surface area contributed by atoms with E-state index in [0.717, 1.165) is 4.68 Å². The number of aliphatic hydroxyl groups excluding tert-OH is 3. The first-order valence-corrected chi connectivity index (χ1v) is 5.09. The van der Waals surface area contributed by atoms with Crippen molar-refractivity contribution >= 4 is 5.78 Å². The second-order valence-electron chi connectivity index (χ2n) is 3.83. The number of hydrogen-bond acceptors (Lipinski definition) is 7. The SMILES string of the molecule is CC(=O)c1ncn([C@@H]2O[C@H](CO)C(O)C2O)n1. The number of carbonyl (C=O) groups excluding carboxylic acids is 1. The quantitative estimate of drug-likeness (QED) is 0.530. The van der Waals surface area contributed by atoms with Gasteiger partial charge in [-0.05, 0) is 0 Å². The Morgan fingerprint density at radius 2 is 2.24 bits per heavy atom. The van der Waals surface area contributed by atoms with Crippen LogP contribution in [0.3, 0.4) is 0 Å². The highest BCUT2D eigenvalue weighted by molar-refractivity contribution is 5.89. The molecule has 4 atom stereocenters. The van der Waals surface area contributed by atoms with Crippen LogP contribution in [0, 0.1) is 0 Å². The van der Waals surface area contributed by atoms with Crippen LogP contribution in [0.1, 0.15) is 23.8 Å². The summed E-state index contributed by atoms with van der Waals surface area (Å²) >= 11 is 0. The first kappa shape index (κ1) is 12.1. The van der Waals surface area contributed by atoms with Gasteiger partial charge >= 0.3 is 0 Å². The predicted molar refractivity (Wildman–Crippen MR) is 53.0 cm³/mol. The molecule has 0 aromatic carbocycles. The van der Waals surface area contributed by atoms with Gasteiger partial charge in [-0.15, -0.1) is 5.10 Å². The lowest BCUT2D eigenvalue weighted by molar-refractivity contribution is -0.0588. The average Bonchev–Trinajstić information content (AvgIpc) is 2.87. The minimum absolute atomic E-state index is 0.00254. The molecule has 17 heavy (non-hydrogen) atoms. The number of carbonyl (C=O) groups is 1. The monoisotopic (exact) mass is 243 g/mol. The number of nitrogens with zero attached hydrogens (tertiary/aromatic N) is 3. The molecular weight excluding hydrogens is 230 g/mol. The van der Waals surface area contributed by atoms with Crippen molar-refractivity contribution in [3.8, 4) is 0 Å². The van der Waals surface area contributed by atoms with Crippen molar-refractivity contribution < 1.29 is 24.9 Å². The summed E-state index contributed by atoms with van der Waals surface area (Å²) in [7, 11) is 0. The van der Waals surface area contributed by atoms with Gasteiger partial charge in [0, 0.05) is 6.92 Å². The highest BCUT2D eigenvalue weighted by Crippen LogP contribution is 2.28. The van der Waals surface area contributed by atoms with Crippen molar-refractivity contribution in [3.63, 3.8) is 0 Å². The standard InChI is InChI=1S/C9H13N3O5/c1-4(14)8-10-3-12(11-8)9-7(16)6(15)5(2-13)17-9/h3,5-7,9,13,15-16H,2H2,1H3/t5-,6?,7?,9-/m1/s1. The fourth-order valence-electron chi connectivity index (χ4n) is 1.66. The molecule has 0 saturated carbocycles. The topological polar surface area (TPSA) is 118 Å². The molecule has 1 fully saturated rings. The number of ether oxygens (including phenoxy) is 1. The van der Waals surface area contributed by atoms with E-state index in [1.165, 1.54) is 13.3 Å². The number of aliphatic hydroxyl groups is 3. The van der Waals surface area contributed by atoms with E-state index in [0.29, 0.717) is 0 Å². The van der Waals surface area contributed by atoms with Gasteiger partial charge in [-0.2, -0.15) is 0 Å². The van der Waals surface area contributed by atoms with Crippen LogP contribution < -0.4 is 0 Å². The fourth-order valence-corrected chi connectivity index (χ4v) is 1.66. The maximum absolute atomic E-state index is 11.0. The summed E-state index contributed by atoms with van der Waals surface area (Å²) in [4.78, 5) is 14.7. The molecule has 8 nitrogen and oxygen atoms in total. The molecule has 8 heteroatoms. The predicted octanol–water partition coefficient (Wildman–Crippen LogP) is -1.91. The zero-order valence-electron chi connectivity index (χ0n) is 9.09. The second-order valence-corrected chi connectivity index (χ2v) is 3.83. The Labute approximate surface area is 96.5 Å². The summed E-state index contributed by atoms with van der Waals surface area (Å²) in [6.45, 7) is 0.903. The lowest BCUT2D eigenvalue weighted by Gasteiger charge is -2.13. The molecule has 0 radical (unpaired) electrons. The molecule has 2 heterocycles. The van der Waals surface area contributed by atoms with Crippen LogP contribution in [0.25, 0.3) is 0 Å². The lowest BCUT2D eigenvalue weighted by Crippen LogP contribution is -2.33. The van der Waals surface area contributed by atoms with Gasteiger partial charge in [0.2, 0.25) is 5.82 Å². The molecule has 2 rings (SSSR count). The first-order chi connectivity index (χ1) is 8.04. The Hall–Kier alpha value is -1.35. The van der Waals surface area contributed by atoms with Gasteiger partial charge in [-0.3, -0.25) is 4.79 Å². The van der Waals surface area contributed by atoms with Gasteiger partial charge in [-0.1, -0.05) is 0 Å². The maximum Gasteiger partial charge on any atom is 0.217 e. The van der Waals surface area contributed by atoms with Crippen molar-refractivity contribution in [2.24, 2.45) is 0 Å². The van der Waals surface area contributed by atoms with Crippen LogP contribution in [-0.2, 0) is 4.74 Å². The van der Waals surface area contributed by atoms with E-state index in [2.05, 4.69) is 10.1 Å². The maximum atomic E-state index is 11.0. The van der Waals surface area contributed by atoms with Gasteiger partial charge < -0.3 is 20.1 Å². The molecule has 1 aromatic rings. The van der Waals surface area contributed by atoms with Crippen LogP contribution in [0.5, 0.6) is 0 Å². The van der Waals surface area contributed by atoms with Gasteiger partial charge in [0.25, 0.3) is 0 Å². The Morgan fingerprint density at radius 1 is 1.53 bits per heavy atom. The van der Waals surface area contributed by atoms with E-state index in [1.54, 1.807) is 0 Å². The largest absolute Gasteiger partial charge is 0.394 e. The molecule has 0 spiro atoms. The van der Waals surface area contributed by atoms with E-state index in [-0.39, 0.29) is 11.6 Å². The van der Waals surface area contributed by atoms with E-state index < -0.39 is 31.1 Å². The summed E-state index contributed by atoms with van der Waals surface area (Å²) in [5, 5.41) is 32.0. The highest BCUT2D eigenvalue weighted by Gasteiger charge is 2.43. The van der Waals surface area contributed by atoms with Gasteiger partial charge in [0.05, 0.1) is 6.61 Å². The number of hydrogen-bond donors (Lipinski definition) is 3. The number of rotatable bonds is 3. The third-order valence-corrected chi connectivity index (χ3v) is 2.60. The molecule has 2 unspecified atom stereocenters. The van der Waals surface area contributed by atoms with Gasteiger partial charge in [-0.25, -0.2) is 9.67 Å². The minimum atomic E-state index is -1.23. The smallest absolute Gasteiger partial charge is 0.217 e. The molecule has 0 bridgehead atoms. The van der Waals surface area contributed by atoms with E-state index >= 15 is 0 Å². The van der Waals surface area contributed by atoms with Crippen molar-refractivity contribution in [1.29, 1.82) is 0 Å².